The summed E-state index contributed by atoms with van der Waals surface area (Å²) < 4.78 is 5.83. The van der Waals surface area contributed by atoms with Gasteiger partial charge in [0.1, 0.15) is 5.52 Å². The fourth-order valence-electron chi connectivity index (χ4n) is 3.45. The second-order valence-corrected chi connectivity index (χ2v) is 7.12. The smallest absolute Gasteiger partial charge is 0.198 e. The second kappa shape index (κ2) is 5.04. The summed E-state index contributed by atoms with van der Waals surface area (Å²) in [6.45, 7) is 4.75. The Bertz CT molecular complexity index is 644. The molecule has 2 aliphatic rings. The van der Waals surface area contributed by atoms with E-state index in [9.17, 15) is 0 Å². The van der Waals surface area contributed by atoms with E-state index in [1.165, 1.54) is 37.8 Å². The summed E-state index contributed by atoms with van der Waals surface area (Å²) >= 11 is 0. The van der Waals surface area contributed by atoms with Gasteiger partial charge in [-0.15, -0.1) is 0 Å². The average Bonchev–Trinajstić information content (AvgIpc) is 3.23. The average molecular weight is 284 g/mol. The third kappa shape index (κ3) is 2.66. The summed E-state index contributed by atoms with van der Waals surface area (Å²) in [6.07, 6.45) is 6.34. The molecular weight excluding hydrogens is 260 g/mol. The maximum absolute atomic E-state index is 5.83. The van der Waals surface area contributed by atoms with Crippen LogP contribution in [0.1, 0.15) is 57.8 Å². The largest absolute Gasteiger partial charge is 0.440 e. The van der Waals surface area contributed by atoms with E-state index in [4.69, 9.17) is 4.42 Å². The van der Waals surface area contributed by atoms with Gasteiger partial charge in [0, 0.05) is 17.6 Å². The van der Waals surface area contributed by atoms with Crippen molar-refractivity contribution < 1.29 is 4.42 Å². The lowest BCUT2D eigenvalue weighted by Crippen LogP contribution is -2.30. The molecule has 1 N–H and O–H groups in total. The van der Waals surface area contributed by atoms with Gasteiger partial charge in [-0.05, 0) is 62.1 Å². The zero-order chi connectivity index (χ0) is 14.4. The molecular formula is C18H24N2O. The molecule has 2 fully saturated rings. The Kier molecular flexibility index (Phi) is 3.16. The highest BCUT2D eigenvalue weighted by Crippen LogP contribution is 2.40. The van der Waals surface area contributed by atoms with Gasteiger partial charge in [-0.3, -0.25) is 0 Å². The van der Waals surface area contributed by atoms with Gasteiger partial charge in [0.25, 0.3) is 0 Å². The molecule has 3 atom stereocenters. The molecule has 0 amide bonds. The Hall–Kier alpha value is -1.51. The molecule has 1 aromatic carbocycles. The standard InChI is InChI=1S/C18H24N2O/c1-11-3-6-14(9-12(11)2)19-15-7-8-17-16(10-15)20-18(21-17)13-4-5-13/h7-8,10-14,19H,3-6,9H2,1-2H3. The first-order chi connectivity index (χ1) is 10.2. The molecule has 2 aromatic rings. The minimum atomic E-state index is 0.578. The number of rotatable bonds is 3. The van der Waals surface area contributed by atoms with Gasteiger partial charge >= 0.3 is 0 Å². The van der Waals surface area contributed by atoms with Crippen molar-refractivity contribution in [1.82, 2.24) is 4.98 Å². The Morgan fingerprint density at radius 2 is 1.95 bits per heavy atom. The summed E-state index contributed by atoms with van der Waals surface area (Å²) in [5.74, 6) is 3.19. The number of fused-ring (bicyclic) bond motifs is 1. The minimum Gasteiger partial charge on any atom is -0.440 e. The predicted octanol–water partition coefficient (Wildman–Crippen LogP) is 4.94. The Balaban J connectivity index is 1.51. The fourth-order valence-corrected chi connectivity index (χ4v) is 3.45. The maximum atomic E-state index is 5.83. The second-order valence-electron chi connectivity index (χ2n) is 7.12. The molecule has 4 rings (SSSR count). The van der Waals surface area contributed by atoms with Crippen LogP contribution in [0.4, 0.5) is 5.69 Å². The fraction of sp³-hybridized carbons (Fsp3) is 0.611. The highest BCUT2D eigenvalue weighted by molar-refractivity contribution is 5.77. The van der Waals surface area contributed by atoms with Crippen LogP contribution >= 0.6 is 0 Å². The topological polar surface area (TPSA) is 38.1 Å². The van der Waals surface area contributed by atoms with E-state index in [1.54, 1.807) is 0 Å². The highest BCUT2D eigenvalue weighted by atomic mass is 16.3. The molecule has 0 spiro atoms. The molecule has 2 aliphatic carbocycles. The summed E-state index contributed by atoms with van der Waals surface area (Å²) in [4.78, 5) is 4.65. The molecule has 0 aliphatic heterocycles. The van der Waals surface area contributed by atoms with E-state index < -0.39 is 0 Å². The number of hydrogen-bond donors (Lipinski definition) is 1. The van der Waals surface area contributed by atoms with Crippen molar-refractivity contribution in [3.8, 4) is 0 Å². The quantitative estimate of drug-likeness (QED) is 0.867. The Morgan fingerprint density at radius 1 is 1.10 bits per heavy atom. The van der Waals surface area contributed by atoms with Gasteiger partial charge < -0.3 is 9.73 Å². The van der Waals surface area contributed by atoms with Crippen molar-refractivity contribution in [3.05, 3.63) is 24.1 Å². The maximum Gasteiger partial charge on any atom is 0.198 e. The van der Waals surface area contributed by atoms with Gasteiger partial charge in [0.05, 0.1) is 0 Å². The third-order valence-corrected chi connectivity index (χ3v) is 5.30. The summed E-state index contributed by atoms with van der Waals surface area (Å²) in [7, 11) is 0. The minimum absolute atomic E-state index is 0.578. The van der Waals surface area contributed by atoms with Gasteiger partial charge in [0.15, 0.2) is 11.5 Å². The van der Waals surface area contributed by atoms with Crippen molar-refractivity contribution in [2.24, 2.45) is 11.8 Å². The van der Waals surface area contributed by atoms with Gasteiger partial charge in [-0.25, -0.2) is 4.98 Å². The SMILES string of the molecule is CC1CCC(Nc2ccc3oc(C4CC4)nc3c2)CC1C. The zero-order valence-corrected chi connectivity index (χ0v) is 12.9. The van der Waals surface area contributed by atoms with E-state index in [1.807, 2.05) is 0 Å². The number of aromatic nitrogens is 1. The summed E-state index contributed by atoms with van der Waals surface area (Å²) in [5, 5.41) is 3.70. The molecule has 21 heavy (non-hydrogen) atoms. The Labute approximate surface area is 126 Å². The van der Waals surface area contributed by atoms with Crippen molar-refractivity contribution >= 4 is 16.8 Å². The van der Waals surface area contributed by atoms with Crippen LogP contribution in [0.5, 0.6) is 0 Å². The van der Waals surface area contributed by atoms with Crippen molar-refractivity contribution in [3.63, 3.8) is 0 Å². The lowest BCUT2D eigenvalue weighted by molar-refractivity contribution is 0.261. The monoisotopic (exact) mass is 284 g/mol. The molecule has 1 aromatic heterocycles. The van der Waals surface area contributed by atoms with E-state index in [0.717, 1.165) is 28.8 Å². The first-order valence-corrected chi connectivity index (χ1v) is 8.36. The number of nitrogens with zero attached hydrogens (tertiary/aromatic N) is 1. The van der Waals surface area contributed by atoms with Crippen LogP contribution in [0.15, 0.2) is 22.6 Å². The summed E-state index contributed by atoms with van der Waals surface area (Å²) in [5.41, 5.74) is 3.11. The molecule has 3 unspecified atom stereocenters. The lowest BCUT2D eigenvalue weighted by Gasteiger charge is -2.33. The van der Waals surface area contributed by atoms with Crippen LogP contribution in [0.25, 0.3) is 11.1 Å². The lowest BCUT2D eigenvalue weighted by atomic mass is 9.79. The highest BCUT2D eigenvalue weighted by Gasteiger charge is 2.29. The van der Waals surface area contributed by atoms with Gasteiger partial charge in [0.2, 0.25) is 0 Å². The van der Waals surface area contributed by atoms with Crippen LogP contribution in [0, 0.1) is 11.8 Å². The van der Waals surface area contributed by atoms with Crippen molar-refractivity contribution in [1.29, 1.82) is 0 Å². The first kappa shape index (κ1) is 13.2. The molecule has 0 saturated heterocycles. The van der Waals surface area contributed by atoms with Gasteiger partial charge in [-0.1, -0.05) is 13.8 Å². The van der Waals surface area contributed by atoms with Crippen LogP contribution in [0.3, 0.4) is 0 Å². The van der Waals surface area contributed by atoms with Gasteiger partial charge in [-0.2, -0.15) is 0 Å². The number of nitrogens with one attached hydrogen (secondary N) is 1. The Morgan fingerprint density at radius 3 is 2.71 bits per heavy atom. The third-order valence-electron chi connectivity index (χ3n) is 5.30. The molecule has 112 valence electrons. The predicted molar refractivity (Wildman–Crippen MR) is 85.6 cm³/mol. The van der Waals surface area contributed by atoms with Crippen LogP contribution in [-0.2, 0) is 0 Å². The van der Waals surface area contributed by atoms with E-state index in [2.05, 4.69) is 42.3 Å². The van der Waals surface area contributed by atoms with Crippen LogP contribution in [0.2, 0.25) is 0 Å². The summed E-state index contributed by atoms with van der Waals surface area (Å²) in [6, 6.07) is 6.94. The molecule has 0 radical (unpaired) electrons. The zero-order valence-electron chi connectivity index (χ0n) is 12.9. The number of anilines is 1. The molecule has 2 saturated carbocycles. The molecule has 3 heteroatoms. The number of hydrogen-bond acceptors (Lipinski definition) is 3. The first-order valence-electron chi connectivity index (χ1n) is 8.36. The van der Waals surface area contributed by atoms with Crippen molar-refractivity contribution in [2.45, 2.75) is 57.9 Å². The number of benzene rings is 1. The van der Waals surface area contributed by atoms with E-state index >= 15 is 0 Å². The van der Waals surface area contributed by atoms with Crippen LogP contribution in [-0.4, -0.2) is 11.0 Å². The molecule has 0 bridgehead atoms. The number of oxazole rings is 1. The van der Waals surface area contributed by atoms with E-state index in [-0.39, 0.29) is 0 Å². The normalized spacial score (nSPS) is 29.7. The molecule has 3 nitrogen and oxygen atoms in total. The van der Waals surface area contributed by atoms with Crippen LogP contribution < -0.4 is 5.32 Å². The molecule has 1 heterocycles. The van der Waals surface area contributed by atoms with Crippen molar-refractivity contribution in [2.75, 3.05) is 5.32 Å². The van der Waals surface area contributed by atoms with E-state index in [0.29, 0.717) is 12.0 Å².